The van der Waals surface area contributed by atoms with Gasteiger partial charge in [-0.3, -0.25) is 15.8 Å². The molecule has 2 amide bonds. The van der Waals surface area contributed by atoms with Gasteiger partial charge in [-0.25, -0.2) is 14.2 Å². The highest BCUT2D eigenvalue weighted by Crippen LogP contribution is 2.25. The summed E-state index contributed by atoms with van der Waals surface area (Å²) in [7, 11) is 0. The first-order chi connectivity index (χ1) is 14.6. The fourth-order valence-electron chi connectivity index (χ4n) is 2.91. The topological polar surface area (TPSA) is 90.3 Å². The highest BCUT2D eigenvalue weighted by molar-refractivity contribution is 5.79. The molecule has 8 heteroatoms. The number of hydrogen-bond acceptors (Lipinski definition) is 5. The molecule has 2 heterocycles. The molecule has 0 spiro atoms. The Balaban J connectivity index is 1.37. The lowest BCUT2D eigenvalue weighted by molar-refractivity contribution is 0.215. The van der Waals surface area contributed by atoms with E-state index in [1.165, 1.54) is 29.3 Å². The van der Waals surface area contributed by atoms with E-state index in [1.807, 2.05) is 36.4 Å². The molecule has 0 fully saturated rings. The van der Waals surface area contributed by atoms with Crippen molar-refractivity contribution in [2.45, 2.75) is 6.54 Å². The van der Waals surface area contributed by atoms with E-state index >= 15 is 0 Å². The number of urea groups is 1. The van der Waals surface area contributed by atoms with Crippen molar-refractivity contribution in [3.05, 3.63) is 89.6 Å². The highest BCUT2D eigenvalue weighted by atomic mass is 19.1. The van der Waals surface area contributed by atoms with Gasteiger partial charge in [-0.2, -0.15) is 5.26 Å². The summed E-state index contributed by atoms with van der Waals surface area (Å²) >= 11 is 0. The van der Waals surface area contributed by atoms with Crippen LogP contribution in [0.2, 0.25) is 0 Å². The van der Waals surface area contributed by atoms with Gasteiger partial charge in [0.2, 0.25) is 0 Å². The average molecular weight is 401 g/mol. The maximum Gasteiger partial charge on any atom is 0.340 e. The maximum absolute atomic E-state index is 14.4. The minimum atomic E-state index is -0.609. The molecule has 0 aliphatic carbocycles. The highest BCUT2D eigenvalue weighted by Gasteiger charge is 2.16. The molecule has 0 unspecified atom stereocenters. The molecule has 4 rings (SSSR count). The van der Waals surface area contributed by atoms with Crippen LogP contribution in [0.1, 0.15) is 16.8 Å². The van der Waals surface area contributed by atoms with Crippen LogP contribution in [0, 0.1) is 17.1 Å². The van der Waals surface area contributed by atoms with E-state index in [9.17, 15) is 9.18 Å². The number of carbonyl (C=O) groups excluding carboxylic acids is 1. The summed E-state index contributed by atoms with van der Waals surface area (Å²) in [5, 5.41) is 8.88. The molecule has 0 saturated carbocycles. The monoisotopic (exact) mass is 401 g/mol. The summed E-state index contributed by atoms with van der Waals surface area (Å²) in [6.45, 7) is 0.423. The number of aromatic nitrogens is 1. The number of nitriles is 1. The smallest absolute Gasteiger partial charge is 0.340 e. The fourth-order valence-corrected chi connectivity index (χ4v) is 2.91. The van der Waals surface area contributed by atoms with Crippen LogP contribution < -0.4 is 15.6 Å². The van der Waals surface area contributed by atoms with Gasteiger partial charge >= 0.3 is 6.03 Å². The zero-order chi connectivity index (χ0) is 20.9. The number of halogens is 1. The van der Waals surface area contributed by atoms with Crippen LogP contribution >= 0.6 is 0 Å². The molecule has 148 valence electrons. The van der Waals surface area contributed by atoms with Gasteiger partial charge in [-0.1, -0.05) is 24.3 Å². The molecule has 7 nitrogen and oxygen atoms in total. The molecule has 0 radical (unpaired) electrons. The van der Waals surface area contributed by atoms with Gasteiger partial charge in [0.15, 0.2) is 5.82 Å². The third-order valence-electron chi connectivity index (χ3n) is 4.42. The Morgan fingerprint density at radius 3 is 2.83 bits per heavy atom. The Bertz CT molecular complexity index is 1170. The lowest BCUT2D eigenvalue weighted by Crippen LogP contribution is -2.40. The van der Waals surface area contributed by atoms with E-state index in [0.717, 1.165) is 11.1 Å². The van der Waals surface area contributed by atoms with E-state index in [-0.39, 0.29) is 17.1 Å². The second kappa shape index (κ2) is 8.32. The molecular formula is C22H16FN5O2. The van der Waals surface area contributed by atoms with Gasteiger partial charge in [-0.05, 0) is 35.4 Å². The number of hydrazine groups is 1. The van der Waals surface area contributed by atoms with Gasteiger partial charge in [-0.15, -0.1) is 0 Å². The number of ether oxygens (including phenoxy) is 1. The van der Waals surface area contributed by atoms with Crippen molar-refractivity contribution in [2.24, 2.45) is 0 Å². The minimum Gasteiger partial charge on any atom is -0.457 e. The summed E-state index contributed by atoms with van der Waals surface area (Å²) in [5.74, 6) is 0.00376. The second-order valence-corrected chi connectivity index (χ2v) is 6.43. The van der Waals surface area contributed by atoms with Gasteiger partial charge in [0.1, 0.15) is 23.3 Å². The molecule has 1 aromatic heterocycles. The quantitative estimate of drug-likeness (QED) is 0.632. The normalized spacial score (nSPS) is 11.9. The van der Waals surface area contributed by atoms with Crippen LogP contribution in [-0.2, 0) is 6.54 Å². The van der Waals surface area contributed by atoms with E-state index in [1.54, 1.807) is 18.3 Å². The maximum atomic E-state index is 14.4. The molecule has 3 aromatic rings. The number of hydrogen-bond donors (Lipinski definition) is 2. The number of rotatable bonds is 4. The number of nitrogens with zero attached hydrogens (tertiary/aromatic N) is 3. The molecular weight excluding hydrogens is 385 g/mol. The first-order valence-electron chi connectivity index (χ1n) is 9.05. The fraction of sp³-hybridized carbons (Fsp3) is 0.0455. The number of carbonyl (C=O) groups is 1. The molecule has 2 N–H and O–H groups in total. The second-order valence-electron chi connectivity index (χ2n) is 6.43. The molecule has 0 saturated heterocycles. The SMILES string of the molecule is N#Cc1cc(Oc2ccc(NNC(=O)N3C=Cc4ccccc4C3)c(F)c2)ccn1. The number of anilines is 1. The van der Waals surface area contributed by atoms with Crippen molar-refractivity contribution in [1.29, 1.82) is 5.26 Å². The van der Waals surface area contributed by atoms with Crippen molar-refractivity contribution in [1.82, 2.24) is 15.3 Å². The van der Waals surface area contributed by atoms with Gasteiger partial charge < -0.3 is 4.74 Å². The zero-order valence-corrected chi connectivity index (χ0v) is 15.7. The first kappa shape index (κ1) is 19.0. The summed E-state index contributed by atoms with van der Waals surface area (Å²) in [4.78, 5) is 17.7. The number of nitrogens with one attached hydrogen (secondary N) is 2. The van der Waals surface area contributed by atoms with Gasteiger partial charge in [0, 0.05) is 24.5 Å². The summed E-state index contributed by atoms with van der Waals surface area (Å²) in [5.41, 5.74) is 7.44. The van der Waals surface area contributed by atoms with E-state index in [4.69, 9.17) is 10.00 Å². The Labute approximate surface area is 172 Å². The first-order valence-corrected chi connectivity index (χ1v) is 9.05. The molecule has 1 aliphatic heterocycles. The molecule has 1 aliphatic rings. The number of fused-ring (bicyclic) bond motifs is 1. The summed E-state index contributed by atoms with van der Waals surface area (Å²) in [6.07, 6.45) is 4.96. The van der Waals surface area contributed by atoms with Crippen LogP contribution in [0.4, 0.5) is 14.9 Å². The largest absolute Gasteiger partial charge is 0.457 e. The average Bonchev–Trinajstić information content (AvgIpc) is 2.78. The van der Waals surface area contributed by atoms with Crippen molar-refractivity contribution in [3.63, 3.8) is 0 Å². The van der Waals surface area contributed by atoms with Crippen LogP contribution in [0.25, 0.3) is 6.08 Å². The van der Waals surface area contributed by atoms with Crippen LogP contribution in [0.3, 0.4) is 0 Å². The van der Waals surface area contributed by atoms with Crippen molar-refractivity contribution >= 4 is 17.8 Å². The van der Waals surface area contributed by atoms with Crippen LogP contribution in [-0.4, -0.2) is 15.9 Å². The molecule has 30 heavy (non-hydrogen) atoms. The predicted octanol–water partition coefficient (Wildman–Crippen LogP) is 4.41. The summed E-state index contributed by atoms with van der Waals surface area (Å²) in [6, 6.07) is 16.5. The van der Waals surface area contributed by atoms with Gasteiger partial charge in [0.25, 0.3) is 0 Å². The predicted molar refractivity (Wildman–Crippen MR) is 109 cm³/mol. The van der Waals surface area contributed by atoms with E-state index in [0.29, 0.717) is 12.3 Å². The van der Waals surface area contributed by atoms with Gasteiger partial charge in [0.05, 0.1) is 12.2 Å². The van der Waals surface area contributed by atoms with Crippen molar-refractivity contribution < 1.29 is 13.9 Å². The Morgan fingerprint density at radius 1 is 1.17 bits per heavy atom. The van der Waals surface area contributed by atoms with Crippen molar-refractivity contribution in [2.75, 3.05) is 5.43 Å². The zero-order valence-electron chi connectivity index (χ0n) is 15.7. The standard InChI is InChI=1S/C22H16FN5O2/c23-20-12-18(30-19-7-9-25-17(11-19)13-24)5-6-21(20)26-27-22(29)28-10-8-15-3-1-2-4-16(15)14-28/h1-12,26H,14H2,(H,27,29). The molecule has 0 bridgehead atoms. The lowest BCUT2D eigenvalue weighted by Gasteiger charge is -2.24. The minimum absolute atomic E-state index is 0.0875. The number of benzene rings is 2. The van der Waals surface area contributed by atoms with E-state index in [2.05, 4.69) is 15.8 Å². The van der Waals surface area contributed by atoms with E-state index < -0.39 is 11.8 Å². The summed E-state index contributed by atoms with van der Waals surface area (Å²) < 4.78 is 19.9. The lowest BCUT2D eigenvalue weighted by atomic mass is 10.0. The van der Waals surface area contributed by atoms with Crippen LogP contribution in [0.15, 0.2) is 67.0 Å². The molecule has 2 aromatic carbocycles. The Morgan fingerprint density at radius 2 is 2.00 bits per heavy atom. The Hall–Kier alpha value is -4.38. The third-order valence-corrected chi connectivity index (χ3v) is 4.42. The van der Waals surface area contributed by atoms with Crippen molar-refractivity contribution in [3.8, 4) is 17.6 Å². The third kappa shape index (κ3) is 4.20. The Kier molecular flexibility index (Phi) is 5.26. The number of pyridine rings is 1. The number of amides is 2. The molecule has 0 atom stereocenters. The van der Waals surface area contributed by atoms with Crippen LogP contribution in [0.5, 0.6) is 11.5 Å².